The number of benzene rings is 1. The SMILES string of the molecule is CC(C)c1cc(=O)n2c3ccccc3n(C)c2n1. The van der Waals surface area contributed by atoms with Crippen molar-refractivity contribution >= 4 is 16.8 Å². The molecular weight excluding hydrogens is 226 g/mol. The van der Waals surface area contributed by atoms with Gasteiger partial charge in [-0.15, -0.1) is 0 Å². The Morgan fingerprint density at radius 3 is 2.50 bits per heavy atom. The molecule has 0 bridgehead atoms. The van der Waals surface area contributed by atoms with Gasteiger partial charge in [0.1, 0.15) is 0 Å². The molecule has 4 nitrogen and oxygen atoms in total. The summed E-state index contributed by atoms with van der Waals surface area (Å²) in [6.07, 6.45) is 0. The molecule has 1 aromatic carbocycles. The van der Waals surface area contributed by atoms with E-state index in [-0.39, 0.29) is 11.5 Å². The van der Waals surface area contributed by atoms with Crippen molar-refractivity contribution in [2.75, 3.05) is 0 Å². The molecule has 2 heterocycles. The lowest BCUT2D eigenvalue weighted by atomic mass is 10.1. The molecule has 3 aromatic rings. The van der Waals surface area contributed by atoms with Gasteiger partial charge in [-0.1, -0.05) is 26.0 Å². The summed E-state index contributed by atoms with van der Waals surface area (Å²) in [4.78, 5) is 16.8. The number of hydrogen-bond donors (Lipinski definition) is 0. The van der Waals surface area contributed by atoms with Crippen LogP contribution in [0.5, 0.6) is 0 Å². The van der Waals surface area contributed by atoms with Crippen LogP contribution in [0.2, 0.25) is 0 Å². The summed E-state index contributed by atoms with van der Waals surface area (Å²) in [5, 5.41) is 0. The van der Waals surface area contributed by atoms with Crippen LogP contribution in [0.25, 0.3) is 16.8 Å². The highest BCUT2D eigenvalue weighted by Gasteiger charge is 2.12. The number of nitrogens with zero attached hydrogens (tertiary/aromatic N) is 3. The van der Waals surface area contributed by atoms with Gasteiger partial charge in [-0.25, -0.2) is 9.38 Å². The Hall–Kier alpha value is -2.10. The van der Waals surface area contributed by atoms with Crippen molar-refractivity contribution in [1.82, 2.24) is 14.0 Å². The highest BCUT2D eigenvalue weighted by molar-refractivity contribution is 5.80. The van der Waals surface area contributed by atoms with E-state index in [1.165, 1.54) is 0 Å². The van der Waals surface area contributed by atoms with Crippen molar-refractivity contribution in [3.63, 3.8) is 0 Å². The molecule has 0 aliphatic rings. The molecule has 0 saturated heterocycles. The van der Waals surface area contributed by atoms with Crippen LogP contribution in [0.1, 0.15) is 25.5 Å². The molecule has 4 heteroatoms. The Balaban J connectivity index is 2.56. The molecule has 0 saturated carbocycles. The van der Waals surface area contributed by atoms with Crippen LogP contribution in [-0.4, -0.2) is 14.0 Å². The molecule has 92 valence electrons. The highest BCUT2D eigenvalue weighted by Crippen LogP contribution is 2.18. The molecule has 0 fully saturated rings. The van der Waals surface area contributed by atoms with E-state index in [1.54, 1.807) is 10.5 Å². The standard InChI is InChI=1S/C14H15N3O/c1-9(2)10-8-13(18)17-12-7-5-4-6-11(12)16(3)14(17)15-10/h4-9H,1-3H3. The van der Waals surface area contributed by atoms with Crippen LogP contribution in [0.4, 0.5) is 0 Å². The van der Waals surface area contributed by atoms with Gasteiger partial charge in [0.15, 0.2) is 0 Å². The van der Waals surface area contributed by atoms with Crippen LogP contribution in [-0.2, 0) is 7.05 Å². The molecule has 0 N–H and O–H groups in total. The van der Waals surface area contributed by atoms with Crippen molar-refractivity contribution in [3.05, 3.63) is 46.4 Å². The summed E-state index contributed by atoms with van der Waals surface area (Å²) >= 11 is 0. The van der Waals surface area contributed by atoms with Gasteiger partial charge < -0.3 is 4.57 Å². The van der Waals surface area contributed by atoms with E-state index < -0.39 is 0 Å². The Kier molecular flexibility index (Phi) is 2.26. The van der Waals surface area contributed by atoms with E-state index in [0.717, 1.165) is 16.7 Å². The van der Waals surface area contributed by atoms with E-state index in [0.29, 0.717) is 5.78 Å². The minimum atomic E-state index is -0.0134. The third kappa shape index (κ3) is 1.38. The normalized spacial score (nSPS) is 11.8. The second kappa shape index (κ2) is 3.70. The molecule has 3 rings (SSSR count). The molecule has 0 atom stereocenters. The van der Waals surface area contributed by atoms with Crippen LogP contribution in [0.15, 0.2) is 35.1 Å². The van der Waals surface area contributed by atoms with Crippen LogP contribution in [0, 0.1) is 0 Å². The molecule has 0 amide bonds. The molecule has 18 heavy (non-hydrogen) atoms. The first kappa shape index (κ1) is 11.0. The number of imidazole rings is 1. The van der Waals surface area contributed by atoms with Gasteiger partial charge in [0.05, 0.1) is 16.7 Å². The number of aryl methyl sites for hydroxylation is 1. The van der Waals surface area contributed by atoms with Crippen molar-refractivity contribution in [2.24, 2.45) is 7.05 Å². The summed E-state index contributed by atoms with van der Waals surface area (Å²) < 4.78 is 3.63. The first-order chi connectivity index (χ1) is 8.59. The Bertz CT molecular complexity index is 796. The van der Waals surface area contributed by atoms with E-state index in [1.807, 2.05) is 49.7 Å². The van der Waals surface area contributed by atoms with E-state index in [9.17, 15) is 4.79 Å². The number of rotatable bonds is 1. The zero-order chi connectivity index (χ0) is 12.9. The van der Waals surface area contributed by atoms with Crippen molar-refractivity contribution in [1.29, 1.82) is 0 Å². The lowest BCUT2D eigenvalue weighted by Gasteiger charge is -2.04. The van der Waals surface area contributed by atoms with Gasteiger partial charge in [-0.2, -0.15) is 0 Å². The highest BCUT2D eigenvalue weighted by atomic mass is 16.1. The second-order valence-electron chi connectivity index (χ2n) is 4.86. The predicted molar refractivity (Wildman–Crippen MR) is 72.0 cm³/mol. The van der Waals surface area contributed by atoms with Crippen molar-refractivity contribution < 1.29 is 0 Å². The van der Waals surface area contributed by atoms with Gasteiger partial charge in [-0.05, 0) is 18.1 Å². The summed E-state index contributed by atoms with van der Waals surface area (Å²) in [6.45, 7) is 4.09. The number of aromatic nitrogens is 3. The lowest BCUT2D eigenvalue weighted by Crippen LogP contribution is -2.15. The molecule has 0 spiro atoms. The molecule has 0 unspecified atom stereocenters. The second-order valence-corrected chi connectivity index (χ2v) is 4.86. The van der Waals surface area contributed by atoms with Gasteiger partial charge >= 0.3 is 0 Å². The summed E-state index contributed by atoms with van der Waals surface area (Å²) in [7, 11) is 1.94. The molecule has 0 aliphatic carbocycles. The summed E-state index contributed by atoms with van der Waals surface area (Å²) in [6, 6.07) is 9.48. The fourth-order valence-electron chi connectivity index (χ4n) is 2.28. The minimum absolute atomic E-state index is 0.0134. The summed E-state index contributed by atoms with van der Waals surface area (Å²) in [5.74, 6) is 0.952. The number of fused-ring (bicyclic) bond motifs is 3. The van der Waals surface area contributed by atoms with Crippen LogP contribution >= 0.6 is 0 Å². The third-order valence-corrected chi connectivity index (χ3v) is 3.30. The third-order valence-electron chi connectivity index (χ3n) is 3.30. The first-order valence-corrected chi connectivity index (χ1v) is 6.06. The first-order valence-electron chi connectivity index (χ1n) is 6.06. The Morgan fingerprint density at radius 1 is 1.17 bits per heavy atom. The maximum absolute atomic E-state index is 12.2. The predicted octanol–water partition coefficient (Wildman–Crippen LogP) is 2.31. The van der Waals surface area contributed by atoms with Crippen LogP contribution < -0.4 is 5.56 Å². The fraction of sp³-hybridized carbons (Fsp3) is 0.286. The Labute approximate surface area is 105 Å². The van der Waals surface area contributed by atoms with Gasteiger partial charge in [0, 0.05) is 13.1 Å². The Morgan fingerprint density at radius 2 is 1.83 bits per heavy atom. The molecule has 0 radical (unpaired) electrons. The quantitative estimate of drug-likeness (QED) is 0.656. The zero-order valence-electron chi connectivity index (χ0n) is 10.7. The van der Waals surface area contributed by atoms with Crippen molar-refractivity contribution in [3.8, 4) is 0 Å². The van der Waals surface area contributed by atoms with Crippen LogP contribution in [0.3, 0.4) is 0 Å². The van der Waals surface area contributed by atoms with Gasteiger partial charge in [0.2, 0.25) is 5.78 Å². The van der Waals surface area contributed by atoms with E-state index in [4.69, 9.17) is 0 Å². The molecular formula is C14H15N3O. The van der Waals surface area contributed by atoms with Gasteiger partial charge in [0.25, 0.3) is 5.56 Å². The minimum Gasteiger partial charge on any atom is -0.313 e. The largest absolute Gasteiger partial charge is 0.313 e. The average molecular weight is 241 g/mol. The molecule has 0 aliphatic heterocycles. The van der Waals surface area contributed by atoms with E-state index in [2.05, 4.69) is 4.98 Å². The maximum Gasteiger partial charge on any atom is 0.259 e. The fourth-order valence-corrected chi connectivity index (χ4v) is 2.28. The van der Waals surface area contributed by atoms with Gasteiger partial charge in [-0.3, -0.25) is 4.79 Å². The zero-order valence-corrected chi connectivity index (χ0v) is 10.7. The molecule has 2 aromatic heterocycles. The summed E-state index contributed by atoms with van der Waals surface area (Å²) in [5.41, 5.74) is 2.75. The number of para-hydroxylation sites is 2. The van der Waals surface area contributed by atoms with Crippen molar-refractivity contribution in [2.45, 2.75) is 19.8 Å². The van der Waals surface area contributed by atoms with E-state index >= 15 is 0 Å². The maximum atomic E-state index is 12.2. The monoisotopic (exact) mass is 241 g/mol. The number of hydrogen-bond acceptors (Lipinski definition) is 2. The average Bonchev–Trinajstić information content (AvgIpc) is 2.64. The topological polar surface area (TPSA) is 39.3 Å². The smallest absolute Gasteiger partial charge is 0.259 e. The lowest BCUT2D eigenvalue weighted by molar-refractivity contribution is 0.801.